The van der Waals surface area contributed by atoms with Crippen LogP contribution in [-0.4, -0.2) is 25.6 Å². The number of hydrogen-bond donors (Lipinski definition) is 2. The van der Waals surface area contributed by atoms with E-state index in [2.05, 4.69) is 15.6 Å². The van der Waals surface area contributed by atoms with Gasteiger partial charge in [-0.25, -0.2) is 0 Å². The molecule has 2 saturated carbocycles. The third kappa shape index (κ3) is 1.49. The van der Waals surface area contributed by atoms with Crippen LogP contribution in [0.25, 0.3) is 0 Å². The largest absolute Gasteiger partial charge is 0.356 e. The Morgan fingerprint density at radius 3 is 3.00 bits per heavy atom. The van der Waals surface area contributed by atoms with Gasteiger partial charge in [-0.15, -0.1) is 0 Å². The summed E-state index contributed by atoms with van der Waals surface area (Å²) in [6.45, 7) is 3.10. The van der Waals surface area contributed by atoms with Crippen LogP contribution in [0.4, 0.5) is 0 Å². The first-order valence-corrected chi connectivity index (χ1v) is 5.94. The lowest BCUT2D eigenvalue weighted by molar-refractivity contribution is 0.331. The summed E-state index contributed by atoms with van der Waals surface area (Å²) in [5, 5.41) is 6.71. The van der Waals surface area contributed by atoms with Crippen molar-refractivity contribution in [3.05, 3.63) is 0 Å². The summed E-state index contributed by atoms with van der Waals surface area (Å²) in [6, 6.07) is 0. The van der Waals surface area contributed by atoms with Gasteiger partial charge in [-0.1, -0.05) is 6.42 Å². The predicted octanol–water partition coefficient (Wildman–Crippen LogP) is 0.971. The van der Waals surface area contributed by atoms with Crippen LogP contribution < -0.4 is 10.6 Å². The van der Waals surface area contributed by atoms with E-state index in [0.717, 1.165) is 43.3 Å². The van der Waals surface area contributed by atoms with Crippen LogP contribution in [0, 0.1) is 17.8 Å². The van der Waals surface area contributed by atoms with Gasteiger partial charge < -0.3 is 10.6 Å². The van der Waals surface area contributed by atoms with E-state index in [1.54, 1.807) is 0 Å². The quantitative estimate of drug-likeness (QED) is 0.685. The summed E-state index contributed by atoms with van der Waals surface area (Å²) in [6.07, 6.45) is 5.95. The lowest BCUT2D eigenvalue weighted by Crippen LogP contribution is -2.38. The molecule has 3 atom stereocenters. The standard InChI is InChI=1S/C11H19N3/c1-2-9-5-8(1)6-10(9)7-14-11-12-3-4-13-11/h8-10H,1-7H2,(H2,12,13,14). The van der Waals surface area contributed by atoms with Crippen molar-refractivity contribution in [3.63, 3.8) is 0 Å². The topological polar surface area (TPSA) is 36.4 Å². The van der Waals surface area contributed by atoms with E-state index in [0.29, 0.717) is 0 Å². The number of guanidine groups is 1. The molecule has 2 aliphatic carbocycles. The Bertz CT molecular complexity index is 249. The molecule has 2 bridgehead atoms. The number of nitrogens with one attached hydrogen (secondary N) is 2. The van der Waals surface area contributed by atoms with Gasteiger partial charge in [-0.05, 0) is 37.0 Å². The summed E-state index contributed by atoms with van der Waals surface area (Å²) in [7, 11) is 0. The Morgan fingerprint density at radius 1 is 1.36 bits per heavy atom. The van der Waals surface area contributed by atoms with E-state index >= 15 is 0 Å². The first kappa shape index (κ1) is 8.57. The third-order valence-corrected chi connectivity index (χ3v) is 4.09. The molecule has 2 fully saturated rings. The van der Waals surface area contributed by atoms with Crippen molar-refractivity contribution < 1.29 is 0 Å². The molecular formula is C11H19N3. The van der Waals surface area contributed by atoms with Crippen molar-refractivity contribution in [1.82, 2.24) is 10.6 Å². The molecule has 0 aromatic carbocycles. The number of aliphatic imine (C=N–C) groups is 1. The fraction of sp³-hybridized carbons (Fsp3) is 0.909. The van der Waals surface area contributed by atoms with Gasteiger partial charge in [0.1, 0.15) is 0 Å². The first-order chi connectivity index (χ1) is 6.92. The SMILES string of the molecule is C1CNC(NCC2CC3CCC2C3)=N1. The molecule has 3 unspecified atom stereocenters. The fourth-order valence-corrected chi connectivity index (χ4v) is 3.37. The van der Waals surface area contributed by atoms with E-state index in [1.807, 2.05) is 0 Å². The summed E-state index contributed by atoms with van der Waals surface area (Å²) in [5.41, 5.74) is 0. The molecule has 1 aliphatic heterocycles. The van der Waals surface area contributed by atoms with E-state index in [1.165, 1.54) is 25.7 Å². The van der Waals surface area contributed by atoms with Crippen molar-refractivity contribution in [2.45, 2.75) is 25.7 Å². The molecule has 3 rings (SSSR count). The lowest BCUT2D eigenvalue weighted by atomic mass is 9.89. The van der Waals surface area contributed by atoms with Crippen LogP contribution in [0.2, 0.25) is 0 Å². The smallest absolute Gasteiger partial charge is 0.191 e. The average Bonchev–Trinajstić information content (AvgIpc) is 2.91. The van der Waals surface area contributed by atoms with Gasteiger partial charge in [0.05, 0.1) is 6.54 Å². The van der Waals surface area contributed by atoms with Crippen LogP contribution in [0.3, 0.4) is 0 Å². The van der Waals surface area contributed by atoms with Crippen LogP contribution >= 0.6 is 0 Å². The van der Waals surface area contributed by atoms with Crippen molar-refractivity contribution >= 4 is 5.96 Å². The molecule has 3 nitrogen and oxygen atoms in total. The zero-order valence-electron chi connectivity index (χ0n) is 8.63. The zero-order valence-corrected chi connectivity index (χ0v) is 8.63. The molecule has 3 heteroatoms. The molecule has 0 saturated heterocycles. The van der Waals surface area contributed by atoms with Crippen molar-refractivity contribution in [2.75, 3.05) is 19.6 Å². The third-order valence-electron chi connectivity index (χ3n) is 4.09. The molecule has 0 aromatic heterocycles. The summed E-state index contributed by atoms with van der Waals surface area (Å²) < 4.78 is 0. The zero-order chi connectivity index (χ0) is 9.38. The number of nitrogens with zero attached hydrogens (tertiary/aromatic N) is 1. The molecule has 78 valence electrons. The fourth-order valence-electron chi connectivity index (χ4n) is 3.37. The first-order valence-electron chi connectivity index (χ1n) is 5.94. The second kappa shape index (κ2) is 3.44. The maximum absolute atomic E-state index is 4.35. The second-order valence-corrected chi connectivity index (χ2v) is 4.97. The van der Waals surface area contributed by atoms with Gasteiger partial charge in [0.25, 0.3) is 0 Å². The monoisotopic (exact) mass is 193 g/mol. The summed E-state index contributed by atoms with van der Waals surface area (Å²) >= 11 is 0. The lowest BCUT2D eigenvalue weighted by Gasteiger charge is -2.22. The second-order valence-electron chi connectivity index (χ2n) is 4.97. The Kier molecular flexibility index (Phi) is 2.11. The summed E-state index contributed by atoms with van der Waals surface area (Å²) in [4.78, 5) is 4.35. The average molecular weight is 193 g/mol. The van der Waals surface area contributed by atoms with Crippen molar-refractivity contribution in [2.24, 2.45) is 22.7 Å². The molecule has 14 heavy (non-hydrogen) atoms. The summed E-state index contributed by atoms with van der Waals surface area (Å²) in [5.74, 6) is 4.05. The van der Waals surface area contributed by atoms with Crippen molar-refractivity contribution in [3.8, 4) is 0 Å². The van der Waals surface area contributed by atoms with Gasteiger partial charge >= 0.3 is 0 Å². The van der Waals surface area contributed by atoms with Gasteiger partial charge in [-0.2, -0.15) is 0 Å². The molecular weight excluding hydrogens is 174 g/mol. The molecule has 3 aliphatic rings. The molecule has 2 N–H and O–H groups in total. The van der Waals surface area contributed by atoms with E-state index in [-0.39, 0.29) is 0 Å². The van der Waals surface area contributed by atoms with Crippen molar-refractivity contribution in [1.29, 1.82) is 0 Å². The molecule has 1 heterocycles. The van der Waals surface area contributed by atoms with Gasteiger partial charge in [0, 0.05) is 13.1 Å². The Morgan fingerprint density at radius 2 is 2.36 bits per heavy atom. The van der Waals surface area contributed by atoms with Crippen LogP contribution in [-0.2, 0) is 0 Å². The highest BCUT2D eigenvalue weighted by Gasteiger charge is 2.39. The van der Waals surface area contributed by atoms with Gasteiger partial charge in [-0.3, -0.25) is 4.99 Å². The van der Waals surface area contributed by atoms with E-state index in [9.17, 15) is 0 Å². The Balaban J connectivity index is 1.49. The van der Waals surface area contributed by atoms with Crippen LogP contribution in [0.15, 0.2) is 4.99 Å². The highest BCUT2D eigenvalue weighted by molar-refractivity contribution is 5.81. The minimum absolute atomic E-state index is 0.929. The molecule has 0 aromatic rings. The number of fused-ring (bicyclic) bond motifs is 2. The van der Waals surface area contributed by atoms with Gasteiger partial charge in [0.15, 0.2) is 5.96 Å². The van der Waals surface area contributed by atoms with E-state index < -0.39 is 0 Å². The minimum Gasteiger partial charge on any atom is -0.356 e. The molecule has 0 radical (unpaired) electrons. The minimum atomic E-state index is 0.929. The Labute approximate surface area is 85.4 Å². The Hall–Kier alpha value is -0.730. The van der Waals surface area contributed by atoms with Gasteiger partial charge in [0.2, 0.25) is 0 Å². The highest BCUT2D eigenvalue weighted by atomic mass is 15.2. The normalized spacial score (nSPS) is 39.7. The van der Waals surface area contributed by atoms with Crippen LogP contribution in [0.5, 0.6) is 0 Å². The highest BCUT2D eigenvalue weighted by Crippen LogP contribution is 2.47. The molecule has 0 amide bonds. The number of hydrogen-bond acceptors (Lipinski definition) is 3. The van der Waals surface area contributed by atoms with E-state index in [4.69, 9.17) is 0 Å². The predicted molar refractivity (Wildman–Crippen MR) is 57.2 cm³/mol. The maximum Gasteiger partial charge on any atom is 0.191 e. The van der Waals surface area contributed by atoms with Crippen LogP contribution in [0.1, 0.15) is 25.7 Å². The maximum atomic E-state index is 4.35. The number of rotatable bonds is 2. The molecule has 0 spiro atoms.